The first-order valence-corrected chi connectivity index (χ1v) is 9.76. The van der Waals surface area contributed by atoms with E-state index in [1.54, 1.807) is 4.57 Å². The highest BCUT2D eigenvalue weighted by molar-refractivity contribution is 6.30. The van der Waals surface area contributed by atoms with Crippen LogP contribution < -0.4 is 0 Å². The van der Waals surface area contributed by atoms with Crippen LogP contribution in [-0.4, -0.2) is 38.3 Å². The van der Waals surface area contributed by atoms with Crippen LogP contribution in [0.15, 0.2) is 67.1 Å². The molecule has 0 fully saturated rings. The van der Waals surface area contributed by atoms with Crippen LogP contribution >= 0.6 is 23.2 Å². The van der Waals surface area contributed by atoms with Gasteiger partial charge in [0, 0.05) is 24.0 Å². The third-order valence-corrected chi connectivity index (χ3v) is 4.96. The number of hydrogen-bond acceptors (Lipinski definition) is 4. The van der Waals surface area contributed by atoms with Gasteiger partial charge in [0.2, 0.25) is 0 Å². The summed E-state index contributed by atoms with van der Waals surface area (Å²) in [6.45, 7) is 1.64. The second-order valence-electron chi connectivity index (χ2n) is 6.29. The van der Waals surface area contributed by atoms with Gasteiger partial charge < -0.3 is 10.1 Å². The van der Waals surface area contributed by atoms with Crippen LogP contribution in [0.1, 0.15) is 17.2 Å². The van der Waals surface area contributed by atoms with Gasteiger partial charge in [-0.05, 0) is 28.2 Å². The van der Waals surface area contributed by atoms with Crippen molar-refractivity contribution in [1.29, 1.82) is 0 Å². The maximum atomic E-state index is 11.2. The van der Waals surface area contributed by atoms with E-state index >= 15 is 0 Å². The minimum Gasteiger partial charge on any atom is -0.358 e. The summed E-state index contributed by atoms with van der Waals surface area (Å²) in [5.41, 5.74) is 2.20. The lowest BCUT2D eigenvalue weighted by Crippen LogP contribution is -2.34. The highest BCUT2D eigenvalue weighted by Crippen LogP contribution is 2.29. The predicted molar refractivity (Wildman–Crippen MR) is 111 cm³/mol. The molecule has 1 unspecified atom stereocenters. The van der Waals surface area contributed by atoms with Crippen molar-refractivity contribution < 1.29 is 4.92 Å². The molecular weight excluding hydrogens is 399 g/mol. The van der Waals surface area contributed by atoms with Crippen LogP contribution in [-0.2, 0) is 6.54 Å². The van der Waals surface area contributed by atoms with E-state index < -0.39 is 4.92 Å². The van der Waals surface area contributed by atoms with E-state index in [9.17, 15) is 10.1 Å². The number of halogens is 2. The molecule has 3 rings (SSSR count). The second-order valence-corrected chi connectivity index (χ2v) is 7.11. The number of benzene rings is 2. The lowest BCUT2D eigenvalue weighted by molar-refractivity contribution is -0.392. The van der Waals surface area contributed by atoms with Crippen molar-refractivity contribution >= 4 is 29.0 Å². The predicted octanol–water partition coefficient (Wildman–Crippen LogP) is 4.78. The first kappa shape index (κ1) is 20.3. The van der Waals surface area contributed by atoms with Crippen LogP contribution in [0.5, 0.6) is 0 Å². The third-order valence-electron chi connectivity index (χ3n) is 4.54. The van der Waals surface area contributed by atoms with Gasteiger partial charge in [0.05, 0.1) is 6.04 Å². The maximum Gasteiger partial charge on any atom is 0.342 e. The van der Waals surface area contributed by atoms with E-state index in [0.717, 1.165) is 11.1 Å². The van der Waals surface area contributed by atoms with Crippen LogP contribution in [0.25, 0.3) is 0 Å². The van der Waals surface area contributed by atoms with Crippen molar-refractivity contribution in [2.75, 3.05) is 19.0 Å². The fourth-order valence-electron chi connectivity index (χ4n) is 3.25. The Morgan fingerprint density at radius 2 is 1.75 bits per heavy atom. The van der Waals surface area contributed by atoms with Crippen molar-refractivity contribution in [3.8, 4) is 0 Å². The fraction of sp³-hybridized carbons (Fsp3) is 0.250. The summed E-state index contributed by atoms with van der Waals surface area (Å²) >= 11 is 12.2. The first-order chi connectivity index (χ1) is 13.6. The van der Waals surface area contributed by atoms with E-state index in [2.05, 4.69) is 22.0 Å². The number of aromatic nitrogens is 2. The topological polar surface area (TPSA) is 64.2 Å². The molecule has 3 aromatic rings. The molecule has 146 valence electrons. The Morgan fingerprint density at radius 3 is 2.39 bits per heavy atom. The van der Waals surface area contributed by atoms with Crippen molar-refractivity contribution in [3.63, 3.8) is 0 Å². The van der Waals surface area contributed by atoms with E-state index in [0.29, 0.717) is 30.5 Å². The molecule has 2 aromatic carbocycles. The average molecular weight is 419 g/mol. The molecule has 0 amide bonds. The van der Waals surface area contributed by atoms with Gasteiger partial charge in [0.25, 0.3) is 0 Å². The third kappa shape index (κ3) is 4.90. The van der Waals surface area contributed by atoms with Gasteiger partial charge in [0.1, 0.15) is 12.7 Å². The van der Waals surface area contributed by atoms with Crippen molar-refractivity contribution in [3.05, 3.63) is 93.4 Å². The first-order valence-electron chi connectivity index (χ1n) is 8.85. The Kier molecular flexibility index (Phi) is 7.03. The lowest BCUT2D eigenvalue weighted by Gasteiger charge is -2.31. The van der Waals surface area contributed by atoms with Crippen molar-refractivity contribution in [1.82, 2.24) is 14.5 Å². The number of alkyl halides is 1. The molecule has 0 saturated heterocycles. The molecule has 1 aromatic heterocycles. The Hall–Kier alpha value is -2.41. The lowest BCUT2D eigenvalue weighted by atomic mass is 9.97. The van der Waals surface area contributed by atoms with Gasteiger partial charge in [0.15, 0.2) is 6.33 Å². The molecule has 8 heteroatoms. The zero-order chi connectivity index (χ0) is 19.9. The SMILES string of the molecule is O=[N+]([O-])c1cncn1CCN(CCCl)C(c1ccccc1)c1ccc(Cl)cc1. The summed E-state index contributed by atoms with van der Waals surface area (Å²) < 4.78 is 1.55. The zero-order valence-electron chi connectivity index (χ0n) is 15.1. The van der Waals surface area contributed by atoms with Crippen LogP contribution in [0.4, 0.5) is 5.82 Å². The number of hydrogen-bond donors (Lipinski definition) is 0. The molecule has 0 spiro atoms. The summed E-state index contributed by atoms with van der Waals surface area (Å²) in [4.78, 5) is 16.9. The van der Waals surface area contributed by atoms with Gasteiger partial charge in [-0.1, -0.05) is 54.1 Å². The Balaban J connectivity index is 1.91. The largest absolute Gasteiger partial charge is 0.358 e. The van der Waals surface area contributed by atoms with Gasteiger partial charge in [-0.3, -0.25) is 4.90 Å². The van der Waals surface area contributed by atoms with Crippen LogP contribution in [0.3, 0.4) is 0 Å². The quantitative estimate of drug-likeness (QED) is 0.285. The number of rotatable bonds is 9. The molecule has 0 bridgehead atoms. The number of imidazole rings is 1. The summed E-state index contributed by atoms with van der Waals surface area (Å²) in [6, 6.07) is 17.8. The smallest absolute Gasteiger partial charge is 0.342 e. The Labute approximate surface area is 173 Å². The fourth-order valence-corrected chi connectivity index (χ4v) is 3.59. The number of nitro groups is 1. The molecule has 0 aliphatic carbocycles. The van der Waals surface area contributed by atoms with E-state index in [1.807, 2.05) is 42.5 Å². The minimum atomic E-state index is -0.424. The summed E-state index contributed by atoms with van der Waals surface area (Å²) in [7, 11) is 0. The molecular formula is C20H20Cl2N4O2. The van der Waals surface area contributed by atoms with Gasteiger partial charge in [-0.15, -0.1) is 11.6 Å². The molecule has 1 heterocycles. The van der Waals surface area contributed by atoms with Crippen LogP contribution in [0.2, 0.25) is 5.02 Å². The van der Waals surface area contributed by atoms with E-state index in [4.69, 9.17) is 23.2 Å². The van der Waals surface area contributed by atoms with Crippen LogP contribution in [0, 0.1) is 10.1 Å². The molecule has 0 aliphatic heterocycles. The molecule has 1 atom stereocenters. The van der Waals surface area contributed by atoms with E-state index in [1.165, 1.54) is 12.5 Å². The highest BCUT2D eigenvalue weighted by atomic mass is 35.5. The highest BCUT2D eigenvalue weighted by Gasteiger charge is 2.23. The minimum absolute atomic E-state index is 0.0198. The molecule has 0 aliphatic rings. The molecule has 0 saturated carbocycles. The Morgan fingerprint density at radius 1 is 1.07 bits per heavy atom. The standard InChI is InChI=1S/C20H20Cl2N4O2/c21-10-11-24(12-13-25-15-23-14-19(25)26(27)28)20(16-4-2-1-3-5-16)17-6-8-18(22)9-7-17/h1-9,14-15,20H,10-13H2. The number of nitrogens with zero attached hydrogens (tertiary/aromatic N) is 4. The van der Waals surface area contributed by atoms with E-state index in [-0.39, 0.29) is 11.9 Å². The molecule has 0 N–H and O–H groups in total. The summed E-state index contributed by atoms with van der Waals surface area (Å²) in [6.07, 6.45) is 2.75. The molecule has 28 heavy (non-hydrogen) atoms. The zero-order valence-corrected chi connectivity index (χ0v) is 16.6. The van der Waals surface area contributed by atoms with Crippen molar-refractivity contribution in [2.24, 2.45) is 0 Å². The van der Waals surface area contributed by atoms with Crippen molar-refractivity contribution in [2.45, 2.75) is 12.6 Å². The van der Waals surface area contributed by atoms with Gasteiger partial charge in [-0.2, -0.15) is 0 Å². The molecule has 6 nitrogen and oxygen atoms in total. The normalized spacial score (nSPS) is 12.2. The maximum absolute atomic E-state index is 11.2. The Bertz CT molecular complexity index is 900. The molecule has 0 radical (unpaired) electrons. The summed E-state index contributed by atoms with van der Waals surface area (Å²) in [5.74, 6) is 0.428. The monoisotopic (exact) mass is 418 g/mol. The average Bonchev–Trinajstić information content (AvgIpc) is 3.17. The summed E-state index contributed by atoms with van der Waals surface area (Å²) in [5, 5.41) is 11.8. The van der Waals surface area contributed by atoms with Gasteiger partial charge in [-0.25, -0.2) is 9.55 Å². The second kappa shape index (κ2) is 9.68. The van der Waals surface area contributed by atoms with Gasteiger partial charge >= 0.3 is 5.82 Å².